The maximum Gasteiger partial charge on any atom is 0.419 e. The number of aryl methyl sites for hydroxylation is 1. The van der Waals surface area contributed by atoms with Gasteiger partial charge in [0.2, 0.25) is 0 Å². The van der Waals surface area contributed by atoms with Crippen molar-refractivity contribution in [1.82, 2.24) is 0 Å². The van der Waals surface area contributed by atoms with E-state index in [1.54, 1.807) is 6.92 Å². The van der Waals surface area contributed by atoms with Gasteiger partial charge in [0.05, 0.1) is 5.56 Å². The fourth-order valence-corrected chi connectivity index (χ4v) is 4.71. The third-order valence-corrected chi connectivity index (χ3v) is 6.61. The smallest absolute Gasteiger partial charge is 0.206 e. The predicted molar refractivity (Wildman–Crippen MR) is 119 cm³/mol. The van der Waals surface area contributed by atoms with Gasteiger partial charge in [-0.15, -0.1) is 0 Å². The topological polar surface area (TPSA) is 0 Å². The first-order valence-corrected chi connectivity index (χ1v) is 11.4. The van der Waals surface area contributed by atoms with Gasteiger partial charge in [0.15, 0.2) is 0 Å². The van der Waals surface area contributed by atoms with Crippen molar-refractivity contribution >= 4 is 5.57 Å². The quantitative estimate of drug-likeness (QED) is 0.383. The standard InChI is InChI=1S/C27H32F4/c1-3-5-20-8-12-22(13-9-20)23-14-10-21(11-15-23)7-4-6-19(2)24-16-17-25(26(28)18-24)27(29,30)31/h6,10-11,14-18,20,22H,3-5,7-9,12-13H2,1-2H3. The van der Waals surface area contributed by atoms with Crippen LogP contribution in [0.5, 0.6) is 0 Å². The van der Waals surface area contributed by atoms with E-state index in [2.05, 4.69) is 31.2 Å². The first kappa shape index (κ1) is 23.6. The Balaban J connectivity index is 1.53. The van der Waals surface area contributed by atoms with Crippen LogP contribution in [0.25, 0.3) is 5.57 Å². The fourth-order valence-electron chi connectivity index (χ4n) is 4.71. The van der Waals surface area contributed by atoms with E-state index >= 15 is 0 Å². The van der Waals surface area contributed by atoms with Gasteiger partial charge in [0.1, 0.15) is 5.82 Å². The van der Waals surface area contributed by atoms with E-state index in [0.717, 1.165) is 36.5 Å². The second-order valence-electron chi connectivity index (χ2n) is 8.87. The van der Waals surface area contributed by atoms with E-state index in [0.29, 0.717) is 11.5 Å². The summed E-state index contributed by atoms with van der Waals surface area (Å²) in [7, 11) is 0. The predicted octanol–water partition coefficient (Wildman–Crippen LogP) is 8.95. The summed E-state index contributed by atoms with van der Waals surface area (Å²) in [6, 6.07) is 12.0. The van der Waals surface area contributed by atoms with Crippen LogP contribution in [-0.2, 0) is 12.6 Å². The van der Waals surface area contributed by atoms with Crippen molar-refractivity contribution in [3.63, 3.8) is 0 Å². The molecule has 3 rings (SSSR count). The zero-order valence-corrected chi connectivity index (χ0v) is 18.4. The van der Waals surface area contributed by atoms with Crippen LogP contribution in [0.3, 0.4) is 0 Å². The molecule has 1 aliphatic rings. The van der Waals surface area contributed by atoms with E-state index in [-0.39, 0.29) is 0 Å². The van der Waals surface area contributed by atoms with Crippen molar-refractivity contribution < 1.29 is 17.6 Å². The van der Waals surface area contributed by atoms with Gasteiger partial charge in [0, 0.05) is 0 Å². The number of hydrogen-bond donors (Lipinski definition) is 0. The number of allylic oxidation sites excluding steroid dienone is 2. The SMILES string of the molecule is CCCC1CCC(c2ccc(CCC=C(C)c3ccc(C(F)(F)F)c(F)c3)cc2)CC1. The fraction of sp³-hybridized carbons (Fsp3) is 0.481. The Hall–Kier alpha value is -2.10. The zero-order valence-electron chi connectivity index (χ0n) is 18.4. The molecule has 1 aliphatic carbocycles. The maximum absolute atomic E-state index is 13.8. The van der Waals surface area contributed by atoms with Crippen LogP contribution in [0.4, 0.5) is 17.6 Å². The second-order valence-corrected chi connectivity index (χ2v) is 8.87. The van der Waals surface area contributed by atoms with Crippen LogP contribution in [0.15, 0.2) is 48.5 Å². The largest absolute Gasteiger partial charge is 0.419 e. The summed E-state index contributed by atoms with van der Waals surface area (Å²) in [5.41, 5.74) is 2.73. The summed E-state index contributed by atoms with van der Waals surface area (Å²) in [6.45, 7) is 4.07. The maximum atomic E-state index is 13.8. The van der Waals surface area contributed by atoms with Gasteiger partial charge in [0.25, 0.3) is 0 Å². The first-order chi connectivity index (χ1) is 14.8. The minimum Gasteiger partial charge on any atom is -0.206 e. The Morgan fingerprint density at radius 3 is 2.26 bits per heavy atom. The summed E-state index contributed by atoms with van der Waals surface area (Å²) in [4.78, 5) is 0. The molecular formula is C27H32F4. The molecular weight excluding hydrogens is 400 g/mol. The lowest BCUT2D eigenvalue weighted by atomic mass is 9.77. The van der Waals surface area contributed by atoms with Gasteiger partial charge < -0.3 is 0 Å². The van der Waals surface area contributed by atoms with Gasteiger partial charge in [-0.1, -0.05) is 56.2 Å². The number of alkyl halides is 3. The lowest BCUT2D eigenvalue weighted by molar-refractivity contribution is -0.140. The molecule has 0 unspecified atom stereocenters. The van der Waals surface area contributed by atoms with Gasteiger partial charge in [-0.2, -0.15) is 13.2 Å². The molecule has 0 saturated heterocycles. The summed E-state index contributed by atoms with van der Waals surface area (Å²) < 4.78 is 51.9. The molecule has 0 radical (unpaired) electrons. The van der Waals surface area contributed by atoms with Crippen LogP contribution >= 0.6 is 0 Å². The van der Waals surface area contributed by atoms with E-state index in [1.807, 2.05) is 6.08 Å². The van der Waals surface area contributed by atoms with Crippen molar-refractivity contribution in [2.75, 3.05) is 0 Å². The minimum atomic E-state index is -4.67. The third-order valence-electron chi connectivity index (χ3n) is 6.61. The number of rotatable bonds is 7. The lowest BCUT2D eigenvalue weighted by Gasteiger charge is -2.28. The molecule has 1 saturated carbocycles. The summed E-state index contributed by atoms with van der Waals surface area (Å²) >= 11 is 0. The molecule has 0 aliphatic heterocycles. The normalized spacial score (nSPS) is 20.1. The van der Waals surface area contributed by atoms with Crippen molar-refractivity contribution in [2.24, 2.45) is 5.92 Å². The highest BCUT2D eigenvalue weighted by molar-refractivity contribution is 5.64. The molecule has 4 heteroatoms. The van der Waals surface area contributed by atoms with E-state index in [1.165, 1.54) is 55.7 Å². The first-order valence-electron chi connectivity index (χ1n) is 11.4. The minimum absolute atomic E-state index is 0.486. The molecule has 0 aromatic heterocycles. The molecule has 0 bridgehead atoms. The zero-order chi connectivity index (χ0) is 22.4. The Kier molecular flexibility index (Phi) is 7.96. The molecule has 0 spiro atoms. The summed E-state index contributed by atoms with van der Waals surface area (Å²) in [5, 5.41) is 0. The van der Waals surface area contributed by atoms with Crippen LogP contribution in [0, 0.1) is 11.7 Å². The van der Waals surface area contributed by atoms with E-state index < -0.39 is 17.6 Å². The molecule has 0 atom stereocenters. The third kappa shape index (κ3) is 6.44. The molecule has 0 amide bonds. The molecule has 2 aromatic rings. The number of halogens is 4. The van der Waals surface area contributed by atoms with E-state index in [4.69, 9.17) is 0 Å². The summed E-state index contributed by atoms with van der Waals surface area (Å²) in [5.74, 6) is 0.365. The van der Waals surface area contributed by atoms with Crippen molar-refractivity contribution in [3.8, 4) is 0 Å². The average Bonchev–Trinajstić information content (AvgIpc) is 2.74. The Morgan fingerprint density at radius 2 is 1.68 bits per heavy atom. The Bertz CT molecular complexity index is 869. The lowest BCUT2D eigenvalue weighted by Crippen LogP contribution is -2.13. The molecule has 0 N–H and O–H groups in total. The number of hydrogen-bond acceptors (Lipinski definition) is 0. The van der Waals surface area contributed by atoms with Crippen LogP contribution in [-0.4, -0.2) is 0 Å². The monoisotopic (exact) mass is 432 g/mol. The molecule has 0 heterocycles. The average molecular weight is 433 g/mol. The number of benzene rings is 2. The van der Waals surface area contributed by atoms with E-state index in [9.17, 15) is 17.6 Å². The molecule has 0 nitrogen and oxygen atoms in total. The Labute approximate surface area is 183 Å². The molecule has 1 fully saturated rings. The molecule has 2 aromatic carbocycles. The highest BCUT2D eigenvalue weighted by Crippen LogP contribution is 2.37. The summed E-state index contributed by atoms with van der Waals surface area (Å²) in [6.07, 6.45) is 6.81. The van der Waals surface area contributed by atoms with Crippen LogP contribution in [0.1, 0.15) is 87.0 Å². The second kappa shape index (κ2) is 10.5. The van der Waals surface area contributed by atoms with Gasteiger partial charge in [-0.3, -0.25) is 0 Å². The van der Waals surface area contributed by atoms with Gasteiger partial charge >= 0.3 is 6.18 Å². The Morgan fingerprint density at radius 1 is 1.00 bits per heavy atom. The van der Waals surface area contributed by atoms with Crippen molar-refractivity contribution in [3.05, 3.63) is 76.6 Å². The highest BCUT2D eigenvalue weighted by atomic mass is 19.4. The van der Waals surface area contributed by atoms with Crippen molar-refractivity contribution in [2.45, 2.75) is 77.3 Å². The van der Waals surface area contributed by atoms with Crippen LogP contribution < -0.4 is 0 Å². The molecule has 168 valence electrons. The van der Waals surface area contributed by atoms with Crippen molar-refractivity contribution in [1.29, 1.82) is 0 Å². The van der Waals surface area contributed by atoms with Crippen LogP contribution in [0.2, 0.25) is 0 Å². The highest BCUT2D eigenvalue weighted by Gasteiger charge is 2.33. The molecule has 31 heavy (non-hydrogen) atoms. The van der Waals surface area contributed by atoms with Gasteiger partial charge in [-0.25, -0.2) is 4.39 Å². The van der Waals surface area contributed by atoms with Gasteiger partial charge in [-0.05, 0) is 91.7 Å².